The molecule has 226 valence electrons. The Kier molecular flexibility index (Phi) is 11.4. The molecule has 2 saturated heterocycles. The number of fused-ring (bicyclic) bond motifs is 3. The Morgan fingerprint density at radius 1 is 0.667 bits per heavy atom. The Balaban J connectivity index is 1.26. The second-order valence-corrected chi connectivity index (χ2v) is 16.8. The third-order valence-corrected chi connectivity index (χ3v) is 12.1. The maximum atomic E-state index is 13.5. The standard InChI is InChI=1S/C27H49NO8P2S/c29-37(30)32-19-24-17-26(27(34-24)20-11-7-3-1-4-8-12-20)36-38(31,39)33-18-21-15-23(16-25(21)35-37)28-22-13-9-5-2-6-10-14-22/h20-28H,1-19H2,(H,29,30)(H,31,39)/t21-,23-,24+,25+,26-,27?,38?/m1/s1. The van der Waals surface area contributed by atoms with E-state index in [4.69, 9.17) is 22.8 Å². The molecule has 0 spiro atoms. The van der Waals surface area contributed by atoms with Crippen LogP contribution in [0.5, 0.6) is 0 Å². The van der Waals surface area contributed by atoms with Gasteiger partial charge in [-0.2, -0.15) is 0 Å². The highest BCUT2D eigenvalue weighted by molar-refractivity contribution is 8.44. The number of hydrogen-bond acceptors (Lipinski definition) is 8. The van der Waals surface area contributed by atoms with Crippen LogP contribution in [-0.4, -0.2) is 54.6 Å². The summed E-state index contributed by atoms with van der Waals surface area (Å²) in [6.45, 7) is -3.68. The highest BCUT2D eigenvalue weighted by Gasteiger charge is 2.47. The molecule has 2 aliphatic heterocycles. The van der Waals surface area contributed by atoms with Crippen LogP contribution in [0.4, 0.5) is 0 Å². The Labute approximate surface area is 239 Å². The molecule has 0 aromatic rings. The van der Waals surface area contributed by atoms with Crippen LogP contribution in [-0.2, 0) is 32.0 Å². The van der Waals surface area contributed by atoms with Crippen LogP contribution in [0.2, 0.25) is 0 Å². The summed E-state index contributed by atoms with van der Waals surface area (Å²) in [6, 6.07) is 0.570. The molecule has 3 unspecified atom stereocenters. The fraction of sp³-hybridized carbons (Fsp3) is 1.00. The van der Waals surface area contributed by atoms with Crippen molar-refractivity contribution in [2.75, 3.05) is 13.2 Å². The molecule has 0 amide bonds. The molecule has 8 atom stereocenters. The number of phosphoric acid groups is 1. The van der Waals surface area contributed by atoms with Crippen LogP contribution < -0.4 is 5.32 Å². The number of ether oxygens (including phenoxy) is 1. The Morgan fingerprint density at radius 2 is 1.31 bits per heavy atom. The normalized spacial score (nSPS) is 44.6. The number of phosphoric ester groups is 1. The summed E-state index contributed by atoms with van der Waals surface area (Å²) in [5.41, 5.74) is 0. The Morgan fingerprint density at radius 3 is 2.00 bits per heavy atom. The van der Waals surface area contributed by atoms with Gasteiger partial charge in [0.2, 0.25) is 0 Å². The third kappa shape index (κ3) is 9.26. The quantitative estimate of drug-likeness (QED) is 0.231. The van der Waals surface area contributed by atoms with Gasteiger partial charge in [0, 0.05) is 24.4 Å². The molecular formula is C27H49NO8P2S. The molecule has 3 saturated carbocycles. The van der Waals surface area contributed by atoms with Gasteiger partial charge in [-0.1, -0.05) is 76.5 Å². The van der Waals surface area contributed by atoms with Crippen molar-refractivity contribution < 1.29 is 36.9 Å². The van der Waals surface area contributed by atoms with Crippen molar-refractivity contribution >= 4 is 26.9 Å². The number of thiol groups is 1. The average molecular weight is 610 g/mol. The van der Waals surface area contributed by atoms with Crippen molar-refractivity contribution in [2.45, 2.75) is 146 Å². The molecule has 3 aliphatic carbocycles. The molecular weight excluding hydrogens is 560 g/mol. The highest BCUT2D eigenvalue weighted by Crippen LogP contribution is 2.58. The van der Waals surface area contributed by atoms with E-state index >= 15 is 0 Å². The smallest absolute Gasteiger partial charge is 0.369 e. The number of hydrogen-bond donors (Lipinski definition) is 3. The fourth-order valence-corrected chi connectivity index (χ4v) is 10.0. The lowest BCUT2D eigenvalue weighted by Crippen LogP contribution is -2.37. The van der Waals surface area contributed by atoms with Gasteiger partial charge in [-0.25, -0.2) is 9.13 Å². The molecule has 9 nitrogen and oxygen atoms in total. The molecule has 2 N–H and O–H groups in total. The molecule has 0 aromatic carbocycles. The topological polar surface area (TPSA) is 113 Å². The third-order valence-electron chi connectivity index (χ3n) is 9.44. The van der Waals surface area contributed by atoms with Crippen molar-refractivity contribution in [3.63, 3.8) is 0 Å². The fourth-order valence-electron chi connectivity index (χ4n) is 7.45. The first kappa shape index (κ1) is 31.0. The molecule has 0 radical (unpaired) electrons. The van der Waals surface area contributed by atoms with Gasteiger partial charge in [-0.05, 0) is 44.4 Å². The Hall–Kier alpha value is 0.530. The lowest BCUT2D eigenvalue weighted by molar-refractivity contribution is -0.0464. The number of rotatable bonds is 3. The lowest BCUT2D eigenvalue weighted by Gasteiger charge is -2.31. The van der Waals surface area contributed by atoms with Crippen LogP contribution in [0, 0.1) is 11.8 Å². The van der Waals surface area contributed by atoms with Gasteiger partial charge in [0.15, 0.2) is 0 Å². The van der Waals surface area contributed by atoms with Crippen LogP contribution in [0.1, 0.15) is 109 Å². The van der Waals surface area contributed by atoms with E-state index in [1.54, 1.807) is 0 Å². The predicted octanol–water partition coefficient (Wildman–Crippen LogP) is 6.94. The average Bonchev–Trinajstić information content (AvgIpc) is 3.40. The van der Waals surface area contributed by atoms with Gasteiger partial charge in [0.1, 0.15) is 0 Å². The zero-order valence-corrected chi connectivity index (χ0v) is 25.9. The van der Waals surface area contributed by atoms with Crippen molar-refractivity contribution in [1.29, 1.82) is 0 Å². The molecule has 0 aromatic heterocycles. The van der Waals surface area contributed by atoms with E-state index < -0.39 is 32.9 Å². The minimum atomic E-state index is -4.33. The summed E-state index contributed by atoms with van der Waals surface area (Å²) in [5.74, 6) is 0.0536. The summed E-state index contributed by atoms with van der Waals surface area (Å²) in [4.78, 5) is 10.7. The maximum absolute atomic E-state index is 13.5. The van der Waals surface area contributed by atoms with E-state index in [0.29, 0.717) is 25.3 Å². The molecule has 12 heteroatoms. The summed E-state index contributed by atoms with van der Waals surface area (Å²) < 4.78 is 56.0. The van der Waals surface area contributed by atoms with Crippen LogP contribution >= 0.6 is 26.9 Å². The first-order valence-electron chi connectivity index (χ1n) is 15.5. The number of nitrogens with one attached hydrogen (secondary N) is 1. The highest BCUT2D eigenvalue weighted by atomic mass is 32.7. The molecule has 5 rings (SSSR count). The van der Waals surface area contributed by atoms with Gasteiger partial charge in [-0.15, -0.1) is 0 Å². The van der Waals surface area contributed by atoms with Crippen LogP contribution in [0.15, 0.2) is 0 Å². The summed E-state index contributed by atoms with van der Waals surface area (Å²) in [7, 11) is -4.33. The van der Waals surface area contributed by atoms with Crippen LogP contribution in [0.3, 0.4) is 0 Å². The summed E-state index contributed by atoms with van der Waals surface area (Å²) in [6.07, 6.45) is 16.6. The molecule has 5 aliphatic rings. The van der Waals surface area contributed by atoms with Crippen LogP contribution in [0.25, 0.3) is 0 Å². The van der Waals surface area contributed by atoms with Gasteiger partial charge in [-0.3, -0.25) is 13.6 Å². The van der Waals surface area contributed by atoms with E-state index in [9.17, 15) is 14.0 Å². The lowest BCUT2D eigenvalue weighted by atomic mass is 9.85. The molecule has 2 bridgehead atoms. The van der Waals surface area contributed by atoms with E-state index in [2.05, 4.69) is 17.6 Å². The minimum Gasteiger partial charge on any atom is -0.369 e. The van der Waals surface area contributed by atoms with Gasteiger partial charge >= 0.3 is 14.6 Å². The van der Waals surface area contributed by atoms with Gasteiger partial charge in [0.05, 0.1) is 37.6 Å². The molecule has 5 fully saturated rings. The van der Waals surface area contributed by atoms with Crippen molar-refractivity contribution in [3.05, 3.63) is 0 Å². The zero-order chi connectivity index (χ0) is 27.3. The first-order chi connectivity index (χ1) is 18.8. The van der Waals surface area contributed by atoms with Gasteiger partial charge < -0.3 is 19.5 Å². The van der Waals surface area contributed by atoms with E-state index in [0.717, 1.165) is 38.5 Å². The maximum Gasteiger partial charge on any atom is 0.472 e. The minimum absolute atomic E-state index is 0.0737. The largest absolute Gasteiger partial charge is 0.472 e. The van der Waals surface area contributed by atoms with E-state index in [1.165, 1.54) is 51.4 Å². The van der Waals surface area contributed by atoms with E-state index in [-0.39, 0.29) is 37.2 Å². The van der Waals surface area contributed by atoms with Crippen molar-refractivity contribution in [2.24, 2.45) is 11.8 Å². The molecule has 2 heterocycles. The van der Waals surface area contributed by atoms with Crippen molar-refractivity contribution in [3.8, 4) is 0 Å². The molecule has 39 heavy (non-hydrogen) atoms. The summed E-state index contributed by atoms with van der Waals surface area (Å²) >= 11 is 4.36. The SMILES string of the molecule is O=P1(O)OC[C@@H]2C[C@@H](OP(=O)(S)OC[C@H]3C[C@@H](NC4CCCCCCC4)C[C@@H]3O1)C(C1CCCCCCC1)O2. The van der Waals surface area contributed by atoms with E-state index in [1.807, 2.05) is 0 Å². The monoisotopic (exact) mass is 609 g/mol. The second-order valence-electron chi connectivity index (χ2n) is 12.5. The van der Waals surface area contributed by atoms with Gasteiger partial charge in [0.25, 0.3) is 0 Å². The van der Waals surface area contributed by atoms with Crippen molar-refractivity contribution in [1.82, 2.24) is 5.32 Å². The summed E-state index contributed by atoms with van der Waals surface area (Å²) in [5, 5.41) is 3.79. The zero-order valence-electron chi connectivity index (χ0n) is 23.2. The first-order valence-corrected chi connectivity index (χ1v) is 19.7. The second kappa shape index (κ2) is 14.3. The Bertz CT molecular complexity index is 867. The predicted molar refractivity (Wildman–Crippen MR) is 153 cm³/mol.